The average Bonchev–Trinajstić information content (AvgIpc) is 2.39. The quantitative estimate of drug-likeness (QED) is 0.813. The zero-order chi connectivity index (χ0) is 12.3. The van der Waals surface area contributed by atoms with Crippen molar-refractivity contribution in [2.24, 2.45) is 5.73 Å². The minimum atomic E-state index is 0.568. The molecule has 3 heteroatoms. The summed E-state index contributed by atoms with van der Waals surface area (Å²) in [6.45, 7) is 4.78. The van der Waals surface area contributed by atoms with E-state index in [-0.39, 0.29) is 0 Å². The first-order chi connectivity index (χ1) is 8.24. The Morgan fingerprint density at radius 2 is 2.24 bits per heavy atom. The molecule has 0 atom stereocenters. The second kappa shape index (κ2) is 5.23. The number of rotatable bonds is 3. The molecule has 0 spiro atoms. The number of ether oxygens (including phenoxy) is 1. The van der Waals surface area contributed by atoms with Crippen LogP contribution in [0.2, 0.25) is 0 Å². The largest absolute Gasteiger partial charge is 0.497 e. The lowest BCUT2D eigenvalue weighted by molar-refractivity contribution is 0.414. The molecular formula is C14H20N2O. The van der Waals surface area contributed by atoms with E-state index in [0.29, 0.717) is 6.54 Å². The summed E-state index contributed by atoms with van der Waals surface area (Å²) in [5, 5.41) is 0. The summed E-state index contributed by atoms with van der Waals surface area (Å²) in [7, 11) is 1.70. The average molecular weight is 232 g/mol. The number of hydrogen-bond donors (Lipinski definition) is 1. The summed E-state index contributed by atoms with van der Waals surface area (Å²) >= 11 is 0. The van der Waals surface area contributed by atoms with Crippen molar-refractivity contribution in [3.63, 3.8) is 0 Å². The first kappa shape index (κ1) is 12.0. The van der Waals surface area contributed by atoms with Gasteiger partial charge in [0.25, 0.3) is 0 Å². The number of hydrogen-bond acceptors (Lipinski definition) is 3. The van der Waals surface area contributed by atoms with Crippen LogP contribution in [0.5, 0.6) is 5.75 Å². The molecule has 2 N–H and O–H groups in total. The standard InChI is InChI=1S/C14H20N2O/c1-11-5-7-16(8-6-11)14-9-13(17-2)4-3-12(14)10-15/h3-5,9H,6-8,10,15H2,1-2H3. The summed E-state index contributed by atoms with van der Waals surface area (Å²) in [4.78, 5) is 2.36. The molecule has 1 heterocycles. The van der Waals surface area contributed by atoms with Gasteiger partial charge in [-0.2, -0.15) is 0 Å². The Bertz CT molecular complexity index is 426. The summed E-state index contributed by atoms with van der Waals surface area (Å²) in [6, 6.07) is 6.10. The van der Waals surface area contributed by atoms with E-state index < -0.39 is 0 Å². The molecule has 3 nitrogen and oxygen atoms in total. The van der Waals surface area contributed by atoms with Crippen LogP contribution in [0, 0.1) is 0 Å². The molecule has 17 heavy (non-hydrogen) atoms. The summed E-state index contributed by atoms with van der Waals surface area (Å²) in [5.41, 5.74) is 9.65. The zero-order valence-electron chi connectivity index (χ0n) is 10.6. The molecule has 92 valence electrons. The fourth-order valence-corrected chi connectivity index (χ4v) is 2.13. The van der Waals surface area contributed by atoms with E-state index in [1.807, 2.05) is 6.07 Å². The first-order valence-electron chi connectivity index (χ1n) is 6.02. The Morgan fingerprint density at radius 1 is 1.41 bits per heavy atom. The molecule has 0 aliphatic carbocycles. The third-order valence-electron chi connectivity index (χ3n) is 3.29. The predicted octanol–water partition coefficient (Wildman–Crippen LogP) is 2.31. The molecule has 0 bridgehead atoms. The van der Waals surface area contributed by atoms with Crippen LogP contribution in [0.15, 0.2) is 29.8 Å². The smallest absolute Gasteiger partial charge is 0.120 e. The zero-order valence-corrected chi connectivity index (χ0v) is 10.6. The molecule has 1 aliphatic rings. The van der Waals surface area contributed by atoms with Gasteiger partial charge in [-0.05, 0) is 25.0 Å². The Balaban J connectivity index is 2.29. The van der Waals surface area contributed by atoms with Gasteiger partial charge in [0.05, 0.1) is 7.11 Å². The van der Waals surface area contributed by atoms with Crippen LogP contribution in [0.3, 0.4) is 0 Å². The molecule has 1 aliphatic heterocycles. The normalized spacial score (nSPS) is 15.7. The van der Waals surface area contributed by atoms with Gasteiger partial charge in [0, 0.05) is 31.4 Å². The summed E-state index contributed by atoms with van der Waals surface area (Å²) < 4.78 is 5.28. The van der Waals surface area contributed by atoms with Crippen molar-refractivity contribution < 1.29 is 4.74 Å². The Morgan fingerprint density at radius 3 is 2.82 bits per heavy atom. The lowest BCUT2D eigenvalue weighted by Crippen LogP contribution is -2.29. The van der Waals surface area contributed by atoms with Crippen LogP contribution in [-0.2, 0) is 6.54 Å². The van der Waals surface area contributed by atoms with Gasteiger partial charge in [0.2, 0.25) is 0 Å². The van der Waals surface area contributed by atoms with E-state index in [9.17, 15) is 0 Å². The molecule has 0 unspecified atom stereocenters. The van der Waals surface area contributed by atoms with Gasteiger partial charge in [0.1, 0.15) is 5.75 Å². The van der Waals surface area contributed by atoms with Gasteiger partial charge in [-0.15, -0.1) is 0 Å². The Kier molecular flexibility index (Phi) is 3.69. The van der Waals surface area contributed by atoms with E-state index in [1.165, 1.54) is 16.8 Å². The van der Waals surface area contributed by atoms with Gasteiger partial charge < -0.3 is 15.4 Å². The van der Waals surface area contributed by atoms with Crippen LogP contribution in [0.1, 0.15) is 18.9 Å². The molecular weight excluding hydrogens is 212 g/mol. The van der Waals surface area contributed by atoms with Crippen molar-refractivity contribution in [1.29, 1.82) is 0 Å². The number of nitrogens with two attached hydrogens (primary N) is 1. The van der Waals surface area contributed by atoms with Crippen LogP contribution >= 0.6 is 0 Å². The summed E-state index contributed by atoms with van der Waals surface area (Å²) in [6.07, 6.45) is 3.41. The van der Waals surface area contributed by atoms with E-state index in [4.69, 9.17) is 10.5 Å². The molecule has 1 aromatic carbocycles. The molecule has 0 amide bonds. The van der Waals surface area contributed by atoms with Crippen LogP contribution < -0.4 is 15.4 Å². The monoisotopic (exact) mass is 232 g/mol. The number of nitrogens with zero attached hydrogens (tertiary/aromatic N) is 1. The molecule has 0 saturated heterocycles. The second-order valence-electron chi connectivity index (χ2n) is 4.45. The lowest BCUT2D eigenvalue weighted by atomic mass is 10.1. The third-order valence-corrected chi connectivity index (χ3v) is 3.29. The highest BCUT2D eigenvalue weighted by Crippen LogP contribution is 2.28. The third kappa shape index (κ3) is 2.61. The Labute approximate surface area is 103 Å². The van der Waals surface area contributed by atoms with E-state index in [2.05, 4.69) is 30.0 Å². The lowest BCUT2D eigenvalue weighted by Gasteiger charge is -2.29. The van der Waals surface area contributed by atoms with Crippen molar-refractivity contribution in [2.75, 3.05) is 25.1 Å². The SMILES string of the molecule is COc1ccc(CN)c(N2CC=C(C)CC2)c1. The number of benzene rings is 1. The fourth-order valence-electron chi connectivity index (χ4n) is 2.13. The van der Waals surface area contributed by atoms with Crippen LogP contribution in [0.4, 0.5) is 5.69 Å². The van der Waals surface area contributed by atoms with Gasteiger partial charge in [-0.1, -0.05) is 17.7 Å². The maximum atomic E-state index is 5.79. The molecule has 0 fully saturated rings. The maximum Gasteiger partial charge on any atom is 0.120 e. The molecule has 2 rings (SSSR count). The summed E-state index contributed by atoms with van der Waals surface area (Å²) in [5.74, 6) is 0.892. The van der Waals surface area contributed by atoms with E-state index >= 15 is 0 Å². The second-order valence-corrected chi connectivity index (χ2v) is 4.45. The number of methoxy groups -OCH3 is 1. The predicted molar refractivity (Wildman–Crippen MR) is 71.5 cm³/mol. The first-order valence-corrected chi connectivity index (χ1v) is 6.02. The van der Waals surface area contributed by atoms with E-state index in [1.54, 1.807) is 7.11 Å². The number of anilines is 1. The minimum absolute atomic E-state index is 0.568. The fraction of sp³-hybridized carbons (Fsp3) is 0.429. The molecule has 0 saturated carbocycles. The van der Waals surface area contributed by atoms with Crippen molar-refractivity contribution in [3.05, 3.63) is 35.4 Å². The maximum absolute atomic E-state index is 5.79. The molecule has 0 aromatic heterocycles. The highest BCUT2D eigenvalue weighted by molar-refractivity contribution is 5.58. The molecule has 1 aromatic rings. The van der Waals surface area contributed by atoms with Gasteiger partial charge in [-0.3, -0.25) is 0 Å². The van der Waals surface area contributed by atoms with Crippen molar-refractivity contribution in [3.8, 4) is 5.75 Å². The highest BCUT2D eigenvalue weighted by Gasteiger charge is 2.14. The van der Waals surface area contributed by atoms with Crippen molar-refractivity contribution in [1.82, 2.24) is 0 Å². The molecule has 0 radical (unpaired) electrons. The minimum Gasteiger partial charge on any atom is -0.497 e. The highest BCUT2D eigenvalue weighted by atomic mass is 16.5. The van der Waals surface area contributed by atoms with Gasteiger partial charge in [-0.25, -0.2) is 0 Å². The van der Waals surface area contributed by atoms with E-state index in [0.717, 1.165) is 25.3 Å². The Hall–Kier alpha value is -1.48. The van der Waals surface area contributed by atoms with Crippen LogP contribution in [-0.4, -0.2) is 20.2 Å². The van der Waals surface area contributed by atoms with Crippen molar-refractivity contribution in [2.45, 2.75) is 19.9 Å². The van der Waals surface area contributed by atoms with Gasteiger partial charge >= 0.3 is 0 Å². The van der Waals surface area contributed by atoms with Gasteiger partial charge in [0.15, 0.2) is 0 Å². The topological polar surface area (TPSA) is 38.5 Å². The van der Waals surface area contributed by atoms with Crippen molar-refractivity contribution >= 4 is 5.69 Å². The van der Waals surface area contributed by atoms with Crippen LogP contribution in [0.25, 0.3) is 0 Å².